The average Bonchev–Trinajstić information content (AvgIpc) is 3.50. The summed E-state index contributed by atoms with van der Waals surface area (Å²) in [7, 11) is 18.7. The Balaban J connectivity index is 0.000000542. The summed E-state index contributed by atoms with van der Waals surface area (Å²) in [5, 5.41) is 31.3. The van der Waals surface area contributed by atoms with E-state index in [-0.39, 0.29) is 62.0 Å². The third kappa shape index (κ3) is 23.6. The number of ether oxygens (including phenoxy) is 21. The first-order chi connectivity index (χ1) is 39.1. The highest BCUT2D eigenvalue weighted by atomic mass is 32.2. The first-order valence-electron chi connectivity index (χ1n) is 25.5. The number of aliphatic hydroxyl groups excluding tert-OH is 3. The molecule has 0 aliphatic carbocycles. The summed E-state index contributed by atoms with van der Waals surface area (Å²) in [5.74, 6) is 8.14. The van der Waals surface area contributed by atoms with Crippen molar-refractivity contribution in [3.05, 3.63) is 38.0 Å². The van der Waals surface area contributed by atoms with Crippen molar-refractivity contribution in [1.29, 1.82) is 0 Å². The second-order valence-electron chi connectivity index (χ2n) is 17.7. The topological polar surface area (TPSA) is 289 Å². The van der Waals surface area contributed by atoms with Crippen LogP contribution in [-0.2, 0) is 129 Å². The first kappa shape index (κ1) is 76.9. The molecular formula is C53H94O26S2-2. The second-order valence-corrected chi connectivity index (χ2v) is 20.7. The van der Waals surface area contributed by atoms with Gasteiger partial charge in [0.25, 0.3) is 0 Å². The van der Waals surface area contributed by atoms with Crippen LogP contribution < -0.4 is 0 Å². The van der Waals surface area contributed by atoms with Crippen LogP contribution in [0, 0.1) is 0 Å². The minimum absolute atomic E-state index is 0.127. The van der Waals surface area contributed by atoms with Crippen LogP contribution in [0.4, 0.5) is 0 Å². The third-order valence-corrected chi connectivity index (χ3v) is 14.8. The number of carbonyl (C=O) groups excluding carboxylic acids is 2. The van der Waals surface area contributed by atoms with E-state index >= 15 is 0 Å². The van der Waals surface area contributed by atoms with Crippen LogP contribution in [-0.4, -0.2) is 317 Å². The van der Waals surface area contributed by atoms with Gasteiger partial charge in [-0.1, -0.05) is 29.7 Å². The summed E-state index contributed by atoms with van der Waals surface area (Å²) in [6.07, 6.45) is -5.36. The van der Waals surface area contributed by atoms with E-state index < -0.39 is 107 Å². The SMILES string of the molecule is C=CCOC1OC(CO)[C@@H](OC)C(OC)C1OC.C=CCOC1OC(COC)[C@@H](OC)C(OC)C1OC.C=CCOC1OC(C[S-](=C)=C=O)[C@@H](OC)C(OC)C1OC.C=[S-](=C=O)CC1OC(OCC(O)CO)C(OC)C(OC)[C@@H]1OC. The molecule has 4 saturated heterocycles. The zero-order valence-electron chi connectivity index (χ0n) is 49.3. The van der Waals surface area contributed by atoms with E-state index in [2.05, 4.69) is 31.5 Å². The van der Waals surface area contributed by atoms with E-state index in [4.69, 9.17) is 105 Å². The number of hydrogen-bond acceptors (Lipinski definition) is 28. The molecule has 4 fully saturated rings. The fraction of sp³-hybridized carbons (Fsp3) is 0.811. The van der Waals surface area contributed by atoms with Crippen molar-refractivity contribution in [3.8, 4) is 0 Å². The molecule has 0 aromatic carbocycles. The molecule has 0 spiro atoms. The molecule has 4 heterocycles. The van der Waals surface area contributed by atoms with Crippen molar-refractivity contribution in [2.24, 2.45) is 0 Å². The summed E-state index contributed by atoms with van der Waals surface area (Å²) in [6, 6.07) is 0. The van der Waals surface area contributed by atoms with Gasteiger partial charge in [0, 0.05) is 92.4 Å². The maximum Gasteiger partial charge on any atom is 0.187 e. The lowest BCUT2D eigenvalue weighted by atomic mass is 9.98. The Morgan fingerprint density at radius 2 is 0.704 bits per heavy atom. The van der Waals surface area contributed by atoms with Crippen LogP contribution in [0.25, 0.3) is 0 Å². The van der Waals surface area contributed by atoms with Gasteiger partial charge in [0.1, 0.15) is 91.6 Å². The number of methoxy groups -OCH3 is 13. The molecule has 26 nitrogen and oxygen atoms in total. The van der Waals surface area contributed by atoms with Crippen molar-refractivity contribution < 1.29 is 124 Å². The molecule has 4 aliphatic heterocycles. The van der Waals surface area contributed by atoms with E-state index in [1.54, 1.807) is 89.3 Å². The molecular weight excluding hydrogens is 1120 g/mol. The van der Waals surface area contributed by atoms with Gasteiger partial charge in [0.15, 0.2) is 25.2 Å². The number of hydrogen-bond donors (Lipinski definition) is 3. The summed E-state index contributed by atoms with van der Waals surface area (Å²) in [5.41, 5.74) is 0. The zero-order chi connectivity index (χ0) is 61.0. The molecule has 4 aliphatic rings. The molecule has 476 valence electrons. The highest BCUT2D eigenvalue weighted by Crippen LogP contribution is 2.32. The molecule has 0 aromatic rings. The normalized spacial score (nSPS) is 34.2. The van der Waals surface area contributed by atoms with Crippen LogP contribution in [0.5, 0.6) is 0 Å². The van der Waals surface area contributed by atoms with Crippen molar-refractivity contribution >= 4 is 42.4 Å². The summed E-state index contributed by atoms with van der Waals surface area (Å²) >= 11 is 0. The lowest BCUT2D eigenvalue weighted by molar-refractivity contribution is -0.311. The van der Waals surface area contributed by atoms with Gasteiger partial charge < -0.3 is 135 Å². The van der Waals surface area contributed by atoms with Crippen molar-refractivity contribution in [2.45, 2.75) is 129 Å². The Morgan fingerprint density at radius 1 is 0.432 bits per heavy atom. The third-order valence-electron chi connectivity index (χ3n) is 12.9. The average molecular weight is 1210 g/mol. The van der Waals surface area contributed by atoms with Crippen LogP contribution in [0.1, 0.15) is 0 Å². The molecule has 0 bridgehead atoms. The predicted octanol–water partition coefficient (Wildman–Crippen LogP) is -1.12. The van der Waals surface area contributed by atoms with E-state index in [0.29, 0.717) is 37.9 Å². The molecule has 0 saturated carbocycles. The van der Waals surface area contributed by atoms with Crippen LogP contribution >= 0.6 is 0 Å². The molecule has 0 radical (unpaired) electrons. The van der Waals surface area contributed by atoms with Gasteiger partial charge >= 0.3 is 0 Å². The molecule has 3 N–H and O–H groups in total. The Kier molecular flexibility index (Phi) is 42.1. The van der Waals surface area contributed by atoms with Crippen LogP contribution in [0.3, 0.4) is 0 Å². The highest BCUT2D eigenvalue weighted by molar-refractivity contribution is 7.92. The standard InChI is InChI=1S/C14H25O8S.C14H23O6S.C13H24O6.C12H22O6/c1-18-11-10(7-23(4)8-16)22-14(21-6-9(17)5-15)13(20-3)12(11)19-2;1-6-7-19-14-13(18-4)12(17-3)11(16-2)10(20-14)8-21(5)9-15;1-6-7-18-13-12(17-5)11(16-4)10(15-3)9(19-13)8-14-2;1-5-6-17-12-11(16-4)10(15-3)9(14-2)8(7-13)18-12/h9-15,17H,4-7H2,1-3H3;6,10-14H,1,5,7-8H2,2-4H3;6,9-13H,1,7-8H2,2-5H3;5,8-13H,1,6-7H2,2-4H3/q2*-1;;/t9?,10?,11-,12?,13?,14?;10?,11-,12?,13?,14?;9?,10-,11?,12?,13?;8?,9-,10?,11?,12?/m1111/s1. The van der Waals surface area contributed by atoms with E-state index in [9.17, 15) is 19.8 Å². The van der Waals surface area contributed by atoms with Gasteiger partial charge in [0.2, 0.25) is 0 Å². The van der Waals surface area contributed by atoms with Crippen LogP contribution in [0.2, 0.25) is 0 Å². The minimum Gasteiger partial charge on any atom is -0.394 e. The highest BCUT2D eigenvalue weighted by Gasteiger charge is 2.50. The monoisotopic (exact) mass is 1210 g/mol. The molecule has 17 unspecified atom stereocenters. The van der Waals surface area contributed by atoms with Gasteiger partial charge in [-0.05, 0) is 10.5 Å². The van der Waals surface area contributed by atoms with Gasteiger partial charge in [-0.15, -0.1) is 19.7 Å². The molecule has 81 heavy (non-hydrogen) atoms. The van der Waals surface area contributed by atoms with Crippen molar-refractivity contribution in [2.75, 3.05) is 150 Å². The summed E-state index contributed by atoms with van der Waals surface area (Å²) in [6.45, 7) is 11.5. The first-order valence-corrected chi connectivity index (χ1v) is 28.6. The largest absolute Gasteiger partial charge is 0.394 e. The molecule has 0 amide bonds. The minimum atomic E-state index is -1.03. The van der Waals surface area contributed by atoms with Crippen LogP contribution in [0.15, 0.2) is 38.0 Å². The summed E-state index contributed by atoms with van der Waals surface area (Å²) in [4.78, 5) is 21.5. The lowest BCUT2D eigenvalue weighted by Crippen LogP contribution is -2.61. The maximum absolute atomic E-state index is 10.8. The van der Waals surface area contributed by atoms with Crippen molar-refractivity contribution in [1.82, 2.24) is 0 Å². The summed E-state index contributed by atoms with van der Waals surface area (Å²) < 4.78 is 116. The van der Waals surface area contributed by atoms with Gasteiger partial charge in [-0.3, -0.25) is 9.59 Å². The Morgan fingerprint density at radius 3 is 0.963 bits per heavy atom. The fourth-order valence-corrected chi connectivity index (χ4v) is 10.6. The second kappa shape index (κ2) is 44.3. The number of rotatable bonds is 32. The van der Waals surface area contributed by atoms with Gasteiger partial charge in [-0.25, -0.2) is 11.7 Å². The van der Waals surface area contributed by atoms with E-state index in [1.165, 1.54) is 21.3 Å². The Labute approximate surface area is 482 Å². The van der Waals surface area contributed by atoms with E-state index in [1.807, 2.05) is 10.5 Å². The Bertz CT molecular complexity index is 1900. The quantitative estimate of drug-likeness (QED) is 0.0408. The maximum atomic E-state index is 10.8. The van der Waals surface area contributed by atoms with Gasteiger partial charge in [-0.2, -0.15) is 0 Å². The van der Waals surface area contributed by atoms with Gasteiger partial charge in [0.05, 0.1) is 58.5 Å². The fourth-order valence-electron chi connectivity index (χ4n) is 9.18. The molecule has 28 heteroatoms. The van der Waals surface area contributed by atoms with E-state index in [0.717, 1.165) is 0 Å². The lowest BCUT2D eigenvalue weighted by Gasteiger charge is -2.45. The molecule has 21 atom stereocenters. The Hall–Kier alpha value is -2.14. The molecule has 4 rings (SSSR count). The number of aliphatic hydroxyl groups is 3. The smallest absolute Gasteiger partial charge is 0.187 e. The zero-order valence-corrected chi connectivity index (χ0v) is 50.9. The molecule has 0 aromatic heterocycles. The van der Waals surface area contributed by atoms with Crippen molar-refractivity contribution in [3.63, 3.8) is 0 Å². The predicted molar refractivity (Wildman–Crippen MR) is 301 cm³/mol.